The van der Waals surface area contributed by atoms with Crippen LogP contribution in [0.4, 0.5) is 4.39 Å². The van der Waals surface area contributed by atoms with Crippen LogP contribution in [0, 0.1) is 12.7 Å². The van der Waals surface area contributed by atoms with Gasteiger partial charge in [0.15, 0.2) is 5.82 Å². The van der Waals surface area contributed by atoms with Crippen LogP contribution in [-0.2, 0) is 16.6 Å². The molecule has 140 valence electrons. The predicted molar refractivity (Wildman–Crippen MR) is 95.9 cm³/mol. The maximum absolute atomic E-state index is 13.0. The van der Waals surface area contributed by atoms with Crippen molar-refractivity contribution in [2.45, 2.75) is 43.9 Å². The molecule has 2 aromatic rings. The highest BCUT2D eigenvalue weighted by molar-refractivity contribution is 7.90. The number of rotatable bonds is 6. The van der Waals surface area contributed by atoms with E-state index >= 15 is 0 Å². The number of hydrogen-bond acceptors (Lipinski definition) is 5. The van der Waals surface area contributed by atoms with Gasteiger partial charge in [0.25, 0.3) is 0 Å². The van der Waals surface area contributed by atoms with Gasteiger partial charge in [-0.15, -0.1) is 0 Å². The number of benzene rings is 1. The molecule has 1 aliphatic rings. The Hall–Kier alpha value is -2.06. The van der Waals surface area contributed by atoms with Gasteiger partial charge < -0.3 is 4.74 Å². The van der Waals surface area contributed by atoms with Crippen LogP contribution in [0.15, 0.2) is 30.6 Å². The van der Waals surface area contributed by atoms with E-state index in [0.29, 0.717) is 18.7 Å². The topological polar surface area (TPSA) is 81.2 Å². The minimum absolute atomic E-state index is 0.214. The van der Waals surface area contributed by atoms with E-state index in [4.69, 9.17) is 4.74 Å². The number of sulfonamides is 1. The van der Waals surface area contributed by atoms with Gasteiger partial charge in [-0.2, -0.15) is 0 Å². The molecule has 8 heteroatoms. The lowest BCUT2D eigenvalue weighted by Gasteiger charge is -2.19. The van der Waals surface area contributed by atoms with Gasteiger partial charge in [0, 0.05) is 12.5 Å². The van der Waals surface area contributed by atoms with Crippen molar-refractivity contribution in [1.82, 2.24) is 14.7 Å². The lowest BCUT2D eigenvalue weighted by molar-refractivity contribution is 0.414. The highest BCUT2D eigenvalue weighted by atomic mass is 32.2. The Bertz CT molecular complexity index is 872. The van der Waals surface area contributed by atoms with Crippen LogP contribution in [0.1, 0.15) is 42.1 Å². The molecule has 1 aliphatic carbocycles. The van der Waals surface area contributed by atoms with Gasteiger partial charge in [-0.25, -0.2) is 27.5 Å². The molecule has 1 aromatic carbocycles. The molecule has 1 heterocycles. The summed E-state index contributed by atoms with van der Waals surface area (Å²) in [4.78, 5) is 7.97. The number of nitrogens with zero attached hydrogens (tertiary/aromatic N) is 2. The number of aryl methyl sites for hydroxylation is 1. The van der Waals surface area contributed by atoms with Crippen molar-refractivity contribution in [2.75, 3.05) is 7.11 Å². The molecule has 0 bridgehead atoms. The first kappa shape index (κ1) is 18.7. The second-order valence-corrected chi connectivity index (χ2v) is 8.48. The quantitative estimate of drug-likeness (QED) is 0.835. The summed E-state index contributed by atoms with van der Waals surface area (Å²) in [5, 5.41) is -0.605. The van der Waals surface area contributed by atoms with Gasteiger partial charge in [0.2, 0.25) is 10.0 Å². The van der Waals surface area contributed by atoms with Gasteiger partial charge in [-0.05, 0) is 43.0 Å². The maximum Gasteiger partial charge on any atom is 0.215 e. The predicted octanol–water partition coefficient (Wildman–Crippen LogP) is 2.69. The van der Waals surface area contributed by atoms with Gasteiger partial charge in [0.1, 0.15) is 11.6 Å². The van der Waals surface area contributed by atoms with Crippen LogP contribution in [0.3, 0.4) is 0 Å². The van der Waals surface area contributed by atoms with Gasteiger partial charge >= 0.3 is 0 Å². The van der Waals surface area contributed by atoms with Crippen molar-refractivity contribution in [3.05, 3.63) is 53.4 Å². The SMILES string of the molecule is COc1ccc(CNS(=O)(=O)[C@@H]2CCC[C@H]2c2ncc(F)cn2)c(C)c1. The second kappa shape index (κ2) is 7.67. The first-order valence-electron chi connectivity index (χ1n) is 8.50. The molecular weight excluding hydrogens is 357 g/mol. The Kier molecular flexibility index (Phi) is 5.52. The summed E-state index contributed by atoms with van der Waals surface area (Å²) < 4.78 is 46.6. The number of nitrogens with one attached hydrogen (secondary N) is 1. The Balaban J connectivity index is 1.73. The fourth-order valence-electron chi connectivity index (χ4n) is 3.39. The van der Waals surface area contributed by atoms with Crippen molar-refractivity contribution in [3.8, 4) is 5.75 Å². The minimum atomic E-state index is -3.55. The molecule has 1 fully saturated rings. The standard InChI is InChI=1S/C18H22FN3O3S/c1-12-8-15(25-2)7-6-13(12)9-22-26(23,24)17-5-3-4-16(17)18-20-10-14(19)11-21-18/h6-8,10-11,16-17,22H,3-5,9H2,1-2H3/t16-,17-/m1/s1. The lowest BCUT2D eigenvalue weighted by atomic mass is 10.1. The number of ether oxygens (including phenoxy) is 1. The molecule has 0 amide bonds. The smallest absolute Gasteiger partial charge is 0.215 e. The average Bonchev–Trinajstić information content (AvgIpc) is 3.12. The summed E-state index contributed by atoms with van der Waals surface area (Å²) in [7, 11) is -1.96. The van der Waals surface area contributed by atoms with E-state index < -0.39 is 21.1 Å². The van der Waals surface area contributed by atoms with Gasteiger partial charge in [-0.1, -0.05) is 12.5 Å². The fourth-order valence-corrected chi connectivity index (χ4v) is 5.12. The van der Waals surface area contributed by atoms with Crippen LogP contribution >= 0.6 is 0 Å². The zero-order chi connectivity index (χ0) is 18.7. The first-order chi connectivity index (χ1) is 12.4. The monoisotopic (exact) mass is 379 g/mol. The van der Waals surface area contributed by atoms with Crippen molar-refractivity contribution in [3.63, 3.8) is 0 Å². The third kappa shape index (κ3) is 4.02. The van der Waals surface area contributed by atoms with E-state index in [2.05, 4.69) is 14.7 Å². The summed E-state index contributed by atoms with van der Waals surface area (Å²) in [6.45, 7) is 2.13. The molecule has 1 aromatic heterocycles. The van der Waals surface area contributed by atoms with E-state index in [0.717, 1.165) is 35.7 Å². The normalized spacial score (nSPS) is 20.3. The lowest BCUT2D eigenvalue weighted by Crippen LogP contribution is -2.36. The largest absolute Gasteiger partial charge is 0.497 e. The van der Waals surface area contributed by atoms with Crippen molar-refractivity contribution in [2.24, 2.45) is 0 Å². The van der Waals surface area contributed by atoms with Crippen molar-refractivity contribution >= 4 is 10.0 Å². The average molecular weight is 379 g/mol. The zero-order valence-electron chi connectivity index (χ0n) is 14.8. The first-order valence-corrected chi connectivity index (χ1v) is 10.0. The van der Waals surface area contributed by atoms with Crippen LogP contribution in [0.2, 0.25) is 0 Å². The van der Waals surface area contributed by atoms with Gasteiger partial charge in [0.05, 0.1) is 24.8 Å². The fraction of sp³-hybridized carbons (Fsp3) is 0.444. The number of hydrogen-bond donors (Lipinski definition) is 1. The molecule has 1 saturated carbocycles. The van der Waals surface area contributed by atoms with E-state index in [-0.39, 0.29) is 12.5 Å². The van der Waals surface area contributed by atoms with E-state index in [1.165, 1.54) is 0 Å². The third-order valence-electron chi connectivity index (χ3n) is 4.84. The molecule has 0 unspecified atom stereocenters. The van der Waals surface area contributed by atoms with Crippen molar-refractivity contribution < 1.29 is 17.5 Å². The van der Waals surface area contributed by atoms with Crippen LogP contribution < -0.4 is 9.46 Å². The van der Waals surface area contributed by atoms with Crippen LogP contribution in [0.5, 0.6) is 5.75 Å². The molecule has 3 rings (SSSR count). The van der Waals surface area contributed by atoms with E-state index in [1.54, 1.807) is 13.2 Å². The molecule has 1 N–H and O–H groups in total. The highest BCUT2D eigenvalue weighted by Gasteiger charge is 2.39. The van der Waals surface area contributed by atoms with Gasteiger partial charge in [-0.3, -0.25) is 0 Å². The molecule has 26 heavy (non-hydrogen) atoms. The summed E-state index contributed by atoms with van der Waals surface area (Å²) in [5.74, 6) is 0.280. The summed E-state index contributed by atoms with van der Waals surface area (Å²) in [6.07, 6.45) is 4.16. The number of halogens is 1. The Morgan fingerprint density at radius 1 is 1.27 bits per heavy atom. The molecule has 0 spiro atoms. The molecule has 0 radical (unpaired) electrons. The summed E-state index contributed by atoms with van der Waals surface area (Å²) >= 11 is 0. The number of methoxy groups -OCH3 is 1. The maximum atomic E-state index is 13.0. The van der Waals surface area contributed by atoms with E-state index in [9.17, 15) is 12.8 Å². The number of aromatic nitrogens is 2. The molecule has 2 atom stereocenters. The molecule has 0 saturated heterocycles. The minimum Gasteiger partial charge on any atom is -0.497 e. The second-order valence-electron chi connectivity index (χ2n) is 6.49. The Morgan fingerprint density at radius 3 is 2.65 bits per heavy atom. The van der Waals surface area contributed by atoms with Crippen LogP contribution in [-0.4, -0.2) is 30.7 Å². The third-order valence-corrected chi connectivity index (χ3v) is 6.74. The van der Waals surface area contributed by atoms with Crippen molar-refractivity contribution in [1.29, 1.82) is 0 Å². The molecule has 0 aliphatic heterocycles. The zero-order valence-corrected chi connectivity index (χ0v) is 15.6. The molecule has 6 nitrogen and oxygen atoms in total. The molecular formula is C18H22FN3O3S. The summed E-state index contributed by atoms with van der Waals surface area (Å²) in [6, 6.07) is 5.53. The Morgan fingerprint density at radius 2 is 2.00 bits per heavy atom. The Labute approximate surface area is 152 Å². The van der Waals surface area contributed by atoms with Crippen LogP contribution in [0.25, 0.3) is 0 Å². The highest BCUT2D eigenvalue weighted by Crippen LogP contribution is 2.37. The van der Waals surface area contributed by atoms with E-state index in [1.807, 2.05) is 19.1 Å². The summed E-state index contributed by atoms with van der Waals surface area (Å²) in [5.41, 5.74) is 1.85.